The number of halogens is 1. The molecule has 0 aromatic heterocycles. The average molecular weight is 244 g/mol. The number of hydrogen-bond donors (Lipinski definition) is 1. The summed E-state index contributed by atoms with van der Waals surface area (Å²) in [6, 6.07) is 5.63. The van der Waals surface area contributed by atoms with Gasteiger partial charge in [-0.25, -0.2) is 0 Å². The van der Waals surface area contributed by atoms with E-state index in [2.05, 4.69) is 0 Å². The monoisotopic (exact) mass is 243 g/mol. The van der Waals surface area contributed by atoms with Gasteiger partial charge in [0.1, 0.15) is 0 Å². The summed E-state index contributed by atoms with van der Waals surface area (Å²) in [5.74, 6) is 0. The molecular weight excluding hydrogens is 230 g/mol. The Labute approximate surface area is 99.1 Å². The van der Waals surface area contributed by atoms with Gasteiger partial charge in [0.05, 0.1) is 0 Å². The van der Waals surface area contributed by atoms with Crippen LogP contribution in [0.3, 0.4) is 0 Å². The van der Waals surface area contributed by atoms with E-state index < -0.39 is 0 Å². The topological polar surface area (TPSA) is 35.2 Å². The summed E-state index contributed by atoms with van der Waals surface area (Å²) in [7, 11) is 0. The van der Waals surface area contributed by atoms with E-state index in [-0.39, 0.29) is 0 Å². The van der Waals surface area contributed by atoms with E-state index >= 15 is 0 Å². The van der Waals surface area contributed by atoms with Gasteiger partial charge >= 0.3 is 0 Å². The molecule has 4 heteroatoms. The molecule has 2 N–H and O–H groups in total. The Bertz CT molecular complexity index is 339. The summed E-state index contributed by atoms with van der Waals surface area (Å²) < 4.78 is 5.32. The predicted molar refractivity (Wildman–Crippen MR) is 65.6 cm³/mol. The fourth-order valence-electron chi connectivity index (χ4n) is 1.58. The maximum absolute atomic E-state index is 5.94. The molecule has 1 aliphatic heterocycles. The fourth-order valence-corrected chi connectivity index (χ4v) is 3.01. The maximum atomic E-state index is 5.94. The Hall–Kier alpha value is -0.380. The van der Waals surface area contributed by atoms with E-state index in [1.54, 1.807) is 0 Å². The third-order valence-corrected chi connectivity index (χ3v) is 4.08. The van der Waals surface area contributed by atoms with E-state index in [0.29, 0.717) is 5.25 Å². The molecule has 0 atom stereocenters. The van der Waals surface area contributed by atoms with E-state index in [9.17, 15) is 0 Å². The first-order valence-corrected chi connectivity index (χ1v) is 6.31. The van der Waals surface area contributed by atoms with Gasteiger partial charge in [-0.15, -0.1) is 11.8 Å². The number of hydrogen-bond acceptors (Lipinski definition) is 3. The van der Waals surface area contributed by atoms with Crippen molar-refractivity contribution in [3.8, 4) is 0 Å². The smallest absolute Gasteiger partial charge is 0.0476 e. The first kappa shape index (κ1) is 11.1. The minimum Gasteiger partial charge on any atom is -0.398 e. The minimum atomic E-state index is 0.611. The summed E-state index contributed by atoms with van der Waals surface area (Å²) in [6.07, 6.45) is 2.19. The molecule has 1 heterocycles. The highest BCUT2D eigenvalue weighted by molar-refractivity contribution is 8.00. The van der Waals surface area contributed by atoms with Crippen LogP contribution in [-0.4, -0.2) is 18.5 Å². The van der Waals surface area contributed by atoms with Crippen LogP contribution in [-0.2, 0) is 4.74 Å². The zero-order valence-electron chi connectivity index (χ0n) is 8.41. The van der Waals surface area contributed by atoms with Crippen LogP contribution >= 0.6 is 23.4 Å². The van der Waals surface area contributed by atoms with E-state index in [1.165, 1.54) is 0 Å². The summed E-state index contributed by atoms with van der Waals surface area (Å²) in [5, 5.41) is 1.36. The second-order valence-corrected chi connectivity index (χ2v) is 5.39. The predicted octanol–water partition coefficient (Wildman–Crippen LogP) is 3.19. The van der Waals surface area contributed by atoms with Crippen molar-refractivity contribution in [2.24, 2.45) is 0 Å². The van der Waals surface area contributed by atoms with E-state index in [1.807, 2.05) is 30.0 Å². The molecule has 0 bridgehead atoms. The molecule has 2 nitrogen and oxygen atoms in total. The van der Waals surface area contributed by atoms with Gasteiger partial charge in [-0.1, -0.05) is 11.6 Å². The van der Waals surface area contributed by atoms with Gasteiger partial charge in [0.15, 0.2) is 0 Å². The fraction of sp³-hybridized carbons (Fsp3) is 0.455. The number of nitrogens with two attached hydrogens (primary N) is 1. The third-order valence-electron chi connectivity index (χ3n) is 2.44. The molecule has 0 radical (unpaired) electrons. The van der Waals surface area contributed by atoms with Gasteiger partial charge in [0.2, 0.25) is 0 Å². The van der Waals surface area contributed by atoms with Gasteiger partial charge in [0, 0.05) is 34.1 Å². The van der Waals surface area contributed by atoms with Crippen molar-refractivity contribution >= 4 is 29.1 Å². The largest absolute Gasteiger partial charge is 0.398 e. The molecule has 15 heavy (non-hydrogen) atoms. The quantitative estimate of drug-likeness (QED) is 0.811. The maximum Gasteiger partial charge on any atom is 0.0476 e. The average Bonchev–Trinajstić information content (AvgIpc) is 2.25. The molecular formula is C11H14ClNOS. The van der Waals surface area contributed by atoms with E-state index in [0.717, 1.165) is 41.7 Å². The normalized spacial score (nSPS) is 17.9. The Morgan fingerprint density at radius 1 is 1.33 bits per heavy atom. The van der Waals surface area contributed by atoms with Crippen molar-refractivity contribution in [3.05, 3.63) is 23.2 Å². The highest BCUT2D eigenvalue weighted by Crippen LogP contribution is 2.34. The van der Waals surface area contributed by atoms with Gasteiger partial charge in [-0.2, -0.15) is 0 Å². The summed E-state index contributed by atoms with van der Waals surface area (Å²) >= 11 is 7.76. The van der Waals surface area contributed by atoms with Crippen molar-refractivity contribution in [1.82, 2.24) is 0 Å². The molecule has 0 spiro atoms. The van der Waals surface area contributed by atoms with Crippen LogP contribution in [0.2, 0.25) is 5.02 Å². The third kappa shape index (κ3) is 3.03. The van der Waals surface area contributed by atoms with Gasteiger partial charge in [0.25, 0.3) is 0 Å². The van der Waals surface area contributed by atoms with Crippen LogP contribution in [0.1, 0.15) is 12.8 Å². The molecule has 1 aromatic carbocycles. The van der Waals surface area contributed by atoms with Crippen molar-refractivity contribution in [1.29, 1.82) is 0 Å². The Morgan fingerprint density at radius 3 is 2.80 bits per heavy atom. The number of rotatable bonds is 2. The van der Waals surface area contributed by atoms with Crippen molar-refractivity contribution in [2.45, 2.75) is 23.0 Å². The SMILES string of the molecule is Nc1ccc(Cl)cc1SC1CCOCC1. The standard InChI is InChI=1S/C11H14ClNOS/c12-8-1-2-10(13)11(7-8)15-9-3-5-14-6-4-9/h1-2,7,9H,3-6,13H2. The van der Waals surface area contributed by atoms with Crippen molar-refractivity contribution in [2.75, 3.05) is 18.9 Å². The Kier molecular flexibility index (Phi) is 3.78. The molecule has 82 valence electrons. The zero-order chi connectivity index (χ0) is 10.7. The molecule has 2 rings (SSSR count). The lowest BCUT2D eigenvalue weighted by Crippen LogP contribution is -2.17. The Morgan fingerprint density at radius 2 is 2.07 bits per heavy atom. The molecule has 0 unspecified atom stereocenters. The summed E-state index contributed by atoms with van der Waals surface area (Å²) in [5.41, 5.74) is 6.71. The molecule has 1 saturated heterocycles. The highest BCUT2D eigenvalue weighted by Gasteiger charge is 2.16. The number of benzene rings is 1. The zero-order valence-corrected chi connectivity index (χ0v) is 9.98. The Balaban J connectivity index is 2.05. The summed E-state index contributed by atoms with van der Waals surface area (Å²) in [6.45, 7) is 1.72. The van der Waals surface area contributed by atoms with Crippen LogP contribution in [0.15, 0.2) is 23.1 Å². The minimum absolute atomic E-state index is 0.611. The van der Waals surface area contributed by atoms with Gasteiger partial charge in [-0.3, -0.25) is 0 Å². The van der Waals surface area contributed by atoms with Gasteiger partial charge in [-0.05, 0) is 31.0 Å². The van der Waals surface area contributed by atoms with Crippen LogP contribution in [0.4, 0.5) is 5.69 Å². The first-order valence-electron chi connectivity index (χ1n) is 5.05. The lowest BCUT2D eigenvalue weighted by atomic mass is 10.2. The van der Waals surface area contributed by atoms with Gasteiger partial charge < -0.3 is 10.5 Å². The molecule has 1 aliphatic rings. The van der Waals surface area contributed by atoms with Crippen molar-refractivity contribution < 1.29 is 4.74 Å². The number of anilines is 1. The number of thioether (sulfide) groups is 1. The van der Waals surface area contributed by atoms with Crippen molar-refractivity contribution in [3.63, 3.8) is 0 Å². The summed E-state index contributed by atoms with van der Waals surface area (Å²) in [4.78, 5) is 1.09. The van der Waals surface area contributed by atoms with Crippen LogP contribution in [0.5, 0.6) is 0 Å². The second kappa shape index (κ2) is 5.10. The molecule has 0 aliphatic carbocycles. The van der Waals surface area contributed by atoms with Crippen LogP contribution in [0, 0.1) is 0 Å². The number of nitrogen functional groups attached to an aromatic ring is 1. The highest BCUT2D eigenvalue weighted by atomic mass is 35.5. The molecule has 1 fully saturated rings. The molecule has 0 amide bonds. The molecule has 0 saturated carbocycles. The molecule has 1 aromatic rings. The second-order valence-electron chi connectivity index (χ2n) is 3.61. The lowest BCUT2D eigenvalue weighted by Gasteiger charge is -2.22. The number of ether oxygens (including phenoxy) is 1. The van der Waals surface area contributed by atoms with Crippen LogP contribution < -0.4 is 5.73 Å². The first-order chi connectivity index (χ1) is 7.25. The lowest BCUT2D eigenvalue weighted by molar-refractivity contribution is 0.100. The van der Waals surface area contributed by atoms with E-state index in [4.69, 9.17) is 22.1 Å². The van der Waals surface area contributed by atoms with Crippen LogP contribution in [0.25, 0.3) is 0 Å².